The van der Waals surface area contributed by atoms with Crippen LogP contribution in [0.4, 0.5) is 5.13 Å². The summed E-state index contributed by atoms with van der Waals surface area (Å²) >= 11 is 0.961. The Morgan fingerprint density at radius 1 is 1.26 bits per heavy atom. The molecule has 3 heterocycles. The minimum atomic E-state index is -5.01. The number of oxime groups is 1. The summed E-state index contributed by atoms with van der Waals surface area (Å²) in [5, 5.41) is 17.6. The van der Waals surface area contributed by atoms with Gasteiger partial charge in [0, 0.05) is 5.38 Å². The minimum Gasteiger partial charge on any atom is -0.489 e. The maximum atomic E-state index is 13.2. The molecule has 1 unspecified atom stereocenters. The molecule has 2 amide bonds. The van der Waals surface area contributed by atoms with E-state index >= 15 is 0 Å². The summed E-state index contributed by atoms with van der Waals surface area (Å²) in [5.74, 6) is -3.11. The van der Waals surface area contributed by atoms with E-state index < -0.39 is 58.2 Å². The first-order valence-electron chi connectivity index (χ1n) is 13.6. The van der Waals surface area contributed by atoms with Gasteiger partial charge in [-0.3, -0.25) is 14.1 Å². The summed E-state index contributed by atoms with van der Waals surface area (Å²) in [5.41, 5.74) is 11.1. The van der Waals surface area contributed by atoms with Crippen LogP contribution in [0.3, 0.4) is 0 Å². The second-order valence-corrected chi connectivity index (χ2v) is 12.5. The summed E-state index contributed by atoms with van der Waals surface area (Å²) in [6.45, 7) is 3.59. The predicted molar refractivity (Wildman–Crippen MR) is 161 cm³/mol. The number of aryl methyl sites for hydroxylation is 2. The molecular formula is C26H33N8O10S2+. The number of nitrogens with one attached hydrogen (secondary N) is 1. The Morgan fingerprint density at radius 2 is 1.96 bits per heavy atom. The van der Waals surface area contributed by atoms with E-state index in [4.69, 9.17) is 25.6 Å². The zero-order valence-electron chi connectivity index (χ0n) is 24.9. The summed E-state index contributed by atoms with van der Waals surface area (Å²) in [6.07, 6.45) is 3.12. The van der Waals surface area contributed by atoms with Crippen LogP contribution < -0.4 is 26.2 Å². The highest BCUT2D eigenvalue weighted by Crippen LogP contribution is 2.33. The zero-order chi connectivity index (χ0) is 33.8. The molecule has 0 spiro atoms. The average Bonchev–Trinajstić information content (AvgIpc) is 3.59. The Hall–Kier alpha value is -4.63. The third kappa shape index (κ3) is 7.95. The van der Waals surface area contributed by atoms with E-state index in [0.29, 0.717) is 17.4 Å². The normalized spacial score (nSPS) is 16.9. The van der Waals surface area contributed by atoms with Crippen molar-refractivity contribution in [3.8, 4) is 16.9 Å². The molecule has 2 aromatic heterocycles. The van der Waals surface area contributed by atoms with Gasteiger partial charge in [-0.25, -0.2) is 9.78 Å². The molecule has 1 aliphatic rings. The fraction of sp³-hybridized carbons (Fsp3) is 0.385. The van der Waals surface area contributed by atoms with Crippen LogP contribution in [0.15, 0.2) is 47.2 Å². The smallest absolute Gasteiger partial charge is 0.418 e. The number of ether oxygens (including phenoxy) is 1. The van der Waals surface area contributed by atoms with E-state index in [1.54, 1.807) is 12.1 Å². The summed E-state index contributed by atoms with van der Waals surface area (Å²) in [7, 11) is -3.09. The number of carboxylic acids is 1. The molecule has 0 saturated carbocycles. The number of amides is 2. The Balaban J connectivity index is 1.44. The van der Waals surface area contributed by atoms with Gasteiger partial charge in [0.15, 0.2) is 17.9 Å². The Labute approximate surface area is 267 Å². The van der Waals surface area contributed by atoms with Gasteiger partial charge in [-0.05, 0) is 44.5 Å². The first kappa shape index (κ1) is 34.2. The van der Waals surface area contributed by atoms with Crippen molar-refractivity contribution in [2.45, 2.75) is 44.5 Å². The molecule has 0 radical (unpaired) electrons. The van der Waals surface area contributed by atoms with Crippen LogP contribution in [-0.4, -0.2) is 87.1 Å². The van der Waals surface area contributed by atoms with Gasteiger partial charge in [-0.15, -0.1) is 20.3 Å². The van der Waals surface area contributed by atoms with Crippen LogP contribution in [0.2, 0.25) is 0 Å². The standard InChI is InChI=1S/C26H32N8O10S2/c1-26(2)21(23(36)34(26)44-46(39,40)41)30-22(35)20(18-14-45-25(28)29-18)31-43-19(24(37)38)13-42-17-7-5-15(6-8-17)16-11-32(3)33(12-16)10-4-9-27/h5-8,11-12,14,19,21H,4,9-10,13,27H2,1-3H3,(H4-,28,29,30,35,37,38,39,40,41)/p+1/b31-20+/t19?,21-/m1/s1. The van der Waals surface area contributed by atoms with E-state index in [1.165, 1.54) is 19.2 Å². The number of nitrogens with two attached hydrogens (primary N) is 2. The number of nitrogens with zero attached hydrogens (tertiary/aromatic N) is 5. The number of aliphatic carboxylic acids is 1. The number of β-lactam (4-membered cyclic amide) rings is 1. The van der Waals surface area contributed by atoms with Crippen molar-refractivity contribution in [1.29, 1.82) is 0 Å². The number of nitrogen functional groups attached to an aromatic ring is 1. The quantitative estimate of drug-likeness (QED) is 0.0445. The highest BCUT2D eigenvalue weighted by Gasteiger charge is 2.58. The molecule has 1 aromatic carbocycles. The van der Waals surface area contributed by atoms with Crippen molar-refractivity contribution in [2.24, 2.45) is 17.9 Å². The van der Waals surface area contributed by atoms with Crippen LogP contribution in [0.5, 0.6) is 5.75 Å². The van der Waals surface area contributed by atoms with E-state index in [9.17, 15) is 27.9 Å². The minimum absolute atomic E-state index is 0.0609. The van der Waals surface area contributed by atoms with Gasteiger partial charge < -0.3 is 31.5 Å². The van der Waals surface area contributed by atoms with Crippen molar-refractivity contribution < 1.29 is 51.0 Å². The third-order valence-corrected chi connectivity index (χ3v) is 7.86. The number of carboxylic acid groups (broad SMARTS) is 1. The van der Waals surface area contributed by atoms with Crippen LogP contribution in [0.1, 0.15) is 26.0 Å². The molecule has 2 atom stereocenters. The molecule has 3 aromatic rings. The van der Waals surface area contributed by atoms with Crippen LogP contribution >= 0.6 is 11.3 Å². The highest BCUT2D eigenvalue weighted by molar-refractivity contribution is 7.80. The molecule has 18 nitrogen and oxygen atoms in total. The molecule has 7 N–H and O–H groups in total. The van der Waals surface area contributed by atoms with Crippen molar-refractivity contribution >= 4 is 50.4 Å². The predicted octanol–water partition coefficient (Wildman–Crippen LogP) is -0.540. The molecule has 248 valence electrons. The van der Waals surface area contributed by atoms with E-state index in [0.717, 1.165) is 35.4 Å². The lowest BCUT2D eigenvalue weighted by atomic mass is 9.84. The number of aromatic nitrogens is 3. The third-order valence-electron chi connectivity index (χ3n) is 6.85. The lowest BCUT2D eigenvalue weighted by molar-refractivity contribution is -0.753. The number of carbonyl (C=O) groups excluding carboxylic acids is 2. The van der Waals surface area contributed by atoms with Gasteiger partial charge in [0.2, 0.25) is 6.20 Å². The van der Waals surface area contributed by atoms with E-state index in [-0.39, 0.29) is 10.8 Å². The number of hydroxylamine groups is 2. The average molecular weight is 682 g/mol. The molecule has 0 aliphatic carbocycles. The SMILES string of the molecule is C[n+]1cc(-c2ccc(OCC(O/N=C(/C(=O)N[C@@H]3C(=O)N(OS(=O)(=O)O)C3(C)C)c3csc(N)n3)C(=O)O)cc2)cn1CCCN. The largest absolute Gasteiger partial charge is 0.489 e. The van der Waals surface area contributed by atoms with Crippen molar-refractivity contribution in [1.82, 2.24) is 20.0 Å². The van der Waals surface area contributed by atoms with Crippen LogP contribution in [0, 0.1) is 0 Å². The number of carbonyl (C=O) groups is 3. The number of hydrogen-bond donors (Lipinski definition) is 5. The molecule has 20 heteroatoms. The molecule has 0 bridgehead atoms. The molecule has 4 rings (SSSR count). The van der Waals surface area contributed by atoms with Gasteiger partial charge >= 0.3 is 16.4 Å². The molecule has 1 saturated heterocycles. The van der Waals surface area contributed by atoms with Crippen molar-refractivity contribution in [3.05, 3.63) is 47.7 Å². The number of benzene rings is 1. The number of hydrogen-bond acceptors (Lipinski definition) is 13. The van der Waals surface area contributed by atoms with Gasteiger partial charge in [0.1, 0.15) is 24.1 Å². The van der Waals surface area contributed by atoms with Crippen molar-refractivity contribution in [3.63, 3.8) is 0 Å². The highest BCUT2D eigenvalue weighted by atomic mass is 32.3. The van der Waals surface area contributed by atoms with E-state index in [2.05, 4.69) is 19.7 Å². The molecule has 46 heavy (non-hydrogen) atoms. The fourth-order valence-corrected chi connectivity index (χ4v) is 5.39. The molecule has 1 aliphatic heterocycles. The molecule has 1 fully saturated rings. The first-order valence-corrected chi connectivity index (χ1v) is 15.8. The lowest BCUT2D eigenvalue weighted by Gasteiger charge is -2.50. The van der Waals surface area contributed by atoms with Crippen LogP contribution in [0.25, 0.3) is 11.1 Å². The Bertz CT molecular complexity index is 1740. The topological polar surface area (TPSA) is 255 Å². The summed E-state index contributed by atoms with van der Waals surface area (Å²) in [4.78, 5) is 46.8. The van der Waals surface area contributed by atoms with Gasteiger partial charge in [0.05, 0.1) is 23.8 Å². The van der Waals surface area contributed by atoms with Gasteiger partial charge in [-0.2, -0.15) is 18.2 Å². The Kier molecular flexibility index (Phi) is 10.3. The number of rotatable bonds is 15. The second kappa shape index (κ2) is 13.8. The second-order valence-electron chi connectivity index (χ2n) is 10.6. The Morgan fingerprint density at radius 3 is 2.52 bits per heavy atom. The maximum Gasteiger partial charge on any atom is 0.418 e. The number of anilines is 1. The van der Waals surface area contributed by atoms with Gasteiger partial charge in [-0.1, -0.05) is 17.3 Å². The van der Waals surface area contributed by atoms with Crippen molar-refractivity contribution in [2.75, 3.05) is 18.9 Å². The maximum absolute atomic E-state index is 13.2. The monoisotopic (exact) mass is 681 g/mol. The zero-order valence-corrected chi connectivity index (χ0v) is 26.5. The summed E-state index contributed by atoms with van der Waals surface area (Å²) < 4.78 is 45.0. The number of thiazole rings is 1. The molecular weight excluding hydrogens is 648 g/mol. The van der Waals surface area contributed by atoms with Crippen LogP contribution in [-0.2, 0) is 47.5 Å². The van der Waals surface area contributed by atoms with E-state index in [1.807, 2.05) is 40.9 Å². The lowest BCUT2D eigenvalue weighted by Crippen LogP contribution is -2.76. The first-order chi connectivity index (χ1) is 21.6. The summed E-state index contributed by atoms with van der Waals surface area (Å²) in [6, 6.07) is 5.63. The fourth-order valence-electron chi connectivity index (χ4n) is 4.38. The van der Waals surface area contributed by atoms with Gasteiger partial charge in [0.25, 0.3) is 17.9 Å².